The van der Waals surface area contributed by atoms with Gasteiger partial charge in [-0.25, -0.2) is 9.59 Å². The number of carbonyl (C=O) groups is 2. The van der Waals surface area contributed by atoms with E-state index in [0.717, 1.165) is 11.3 Å². The van der Waals surface area contributed by atoms with E-state index in [9.17, 15) is 14.7 Å². The summed E-state index contributed by atoms with van der Waals surface area (Å²) in [5.41, 5.74) is 0.875. The summed E-state index contributed by atoms with van der Waals surface area (Å²) in [7, 11) is 0. The third-order valence-electron chi connectivity index (χ3n) is 2.95. The lowest BCUT2D eigenvalue weighted by atomic mass is 10.1. The highest BCUT2D eigenvalue weighted by Gasteiger charge is 2.21. The van der Waals surface area contributed by atoms with Gasteiger partial charge in [-0.05, 0) is 25.8 Å². The number of rotatable bonds is 6. The maximum Gasteiger partial charge on any atom is 0.338 e. The van der Waals surface area contributed by atoms with Crippen molar-refractivity contribution in [2.24, 2.45) is 0 Å². The Labute approximate surface area is 122 Å². The maximum atomic E-state index is 12.2. The standard InChI is InChI=1S/C14H20N2O3S/c1-5-7-16(8-6-2)14(19)15-12-11(13(17)18)9(3)10(4)20-12/h5H,1,6-8H2,2-4H3,(H,15,19)(H,17,18). The molecule has 0 aliphatic carbocycles. The van der Waals surface area contributed by atoms with Crippen molar-refractivity contribution < 1.29 is 14.7 Å². The smallest absolute Gasteiger partial charge is 0.338 e. The zero-order valence-electron chi connectivity index (χ0n) is 12.0. The molecular formula is C14H20N2O3S. The first kappa shape index (κ1) is 16.2. The number of nitrogens with one attached hydrogen (secondary N) is 1. The molecule has 0 aliphatic rings. The highest BCUT2D eigenvalue weighted by atomic mass is 32.1. The van der Waals surface area contributed by atoms with E-state index >= 15 is 0 Å². The number of carboxylic acid groups (broad SMARTS) is 1. The van der Waals surface area contributed by atoms with Gasteiger partial charge < -0.3 is 10.0 Å². The minimum Gasteiger partial charge on any atom is -0.478 e. The molecule has 0 radical (unpaired) electrons. The van der Waals surface area contributed by atoms with Crippen LogP contribution in [0.2, 0.25) is 0 Å². The number of hydrogen-bond donors (Lipinski definition) is 2. The van der Waals surface area contributed by atoms with Crippen LogP contribution in [0.4, 0.5) is 9.80 Å². The molecule has 1 aromatic heterocycles. The number of carboxylic acids is 1. The van der Waals surface area contributed by atoms with Crippen LogP contribution in [0.5, 0.6) is 0 Å². The molecule has 0 saturated carbocycles. The molecule has 0 aromatic carbocycles. The summed E-state index contributed by atoms with van der Waals surface area (Å²) >= 11 is 1.29. The van der Waals surface area contributed by atoms with E-state index in [-0.39, 0.29) is 11.6 Å². The molecule has 5 nitrogen and oxygen atoms in total. The summed E-state index contributed by atoms with van der Waals surface area (Å²) in [6.45, 7) is 10.2. The van der Waals surface area contributed by atoms with E-state index in [1.54, 1.807) is 17.9 Å². The second-order valence-electron chi connectivity index (χ2n) is 4.46. The Bertz CT molecular complexity index is 523. The number of anilines is 1. The fraction of sp³-hybridized carbons (Fsp3) is 0.429. The van der Waals surface area contributed by atoms with Crippen molar-refractivity contribution in [3.8, 4) is 0 Å². The lowest BCUT2D eigenvalue weighted by Gasteiger charge is -2.20. The molecule has 1 rings (SSSR count). The first-order chi connectivity index (χ1) is 9.42. The summed E-state index contributed by atoms with van der Waals surface area (Å²) in [6.07, 6.45) is 2.48. The van der Waals surface area contributed by atoms with Crippen LogP contribution in [-0.4, -0.2) is 35.1 Å². The first-order valence-corrected chi connectivity index (χ1v) is 7.24. The molecule has 110 valence electrons. The third-order valence-corrected chi connectivity index (χ3v) is 4.07. The van der Waals surface area contributed by atoms with Crippen LogP contribution in [0.1, 0.15) is 34.1 Å². The van der Waals surface area contributed by atoms with Crippen LogP contribution in [0.25, 0.3) is 0 Å². The lowest BCUT2D eigenvalue weighted by molar-refractivity contribution is 0.0697. The molecule has 0 unspecified atom stereocenters. The van der Waals surface area contributed by atoms with Crippen molar-refractivity contribution in [2.75, 3.05) is 18.4 Å². The monoisotopic (exact) mass is 296 g/mol. The normalized spacial score (nSPS) is 10.2. The van der Waals surface area contributed by atoms with Gasteiger partial charge in [0, 0.05) is 18.0 Å². The van der Waals surface area contributed by atoms with Gasteiger partial charge >= 0.3 is 12.0 Å². The number of aryl methyl sites for hydroxylation is 1. The van der Waals surface area contributed by atoms with Gasteiger partial charge in [-0.2, -0.15) is 0 Å². The van der Waals surface area contributed by atoms with Gasteiger partial charge in [0.05, 0.1) is 5.56 Å². The Kier molecular flexibility index (Phi) is 5.76. The van der Waals surface area contributed by atoms with E-state index in [1.807, 2.05) is 13.8 Å². The molecule has 1 heterocycles. The Morgan fingerprint density at radius 1 is 1.45 bits per heavy atom. The van der Waals surface area contributed by atoms with E-state index in [0.29, 0.717) is 23.7 Å². The molecule has 20 heavy (non-hydrogen) atoms. The molecule has 0 fully saturated rings. The predicted molar refractivity (Wildman–Crippen MR) is 81.8 cm³/mol. The molecule has 0 atom stereocenters. The summed E-state index contributed by atoms with van der Waals surface area (Å²) in [5, 5.41) is 12.3. The molecular weight excluding hydrogens is 276 g/mol. The highest BCUT2D eigenvalue weighted by molar-refractivity contribution is 7.16. The van der Waals surface area contributed by atoms with E-state index in [4.69, 9.17) is 0 Å². The van der Waals surface area contributed by atoms with Gasteiger partial charge in [0.15, 0.2) is 0 Å². The van der Waals surface area contributed by atoms with Crippen molar-refractivity contribution in [3.63, 3.8) is 0 Å². The second-order valence-corrected chi connectivity index (χ2v) is 5.68. The number of urea groups is 1. The highest BCUT2D eigenvalue weighted by Crippen LogP contribution is 2.32. The van der Waals surface area contributed by atoms with Crippen molar-refractivity contribution in [2.45, 2.75) is 27.2 Å². The average molecular weight is 296 g/mol. The van der Waals surface area contributed by atoms with Crippen molar-refractivity contribution >= 4 is 28.3 Å². The summed E-state index contributed by atoms with van der Waals surface area (Å²) < 4.78 is 0. The van der Waals surface area contributed by atoms with Crippen LogP contribution in [0, 0.1) is 13.8 Å². The van der Waals surface area contributed by atoms with Crippen LogP contribution in [-0.2, 0) is 0 Å². The lowest BCUT2D eigenvalue weighted by Crippen LogP contribution is -2.35. The van der Waals surface area contributed by atoms with Gasteiger partial charge in [0.25, 0.3) is 0 Å². The zero-order chi connectivity index (χ0) is 15.3. The third kappa shape index (κ3) is 3.60. The summed E-state index contributed by atoms with van der Waals surface area (Å²) in [6, 6.07) is -0.296. The number of thiophene rings is 1. The Morgan fingerprint density at radius 2 is 2.10 bits per heavy atom. The molecule has 0 saturated heterocycles. The number of aromatic carboxylic acids is 1. The van der Waals surface area contributed by atoms with Gasteiger partial charge in [-0.15, -0.1) is 17.9 Å². The van der Waals surface area contributed by atoms with Crippen LogP contribution in [0.15, 0.2) is 12.7 Å². The minimum atomic E-state index is -1.02. The molecule has 0 spiro atoms. The summed E-state index contributed by atoms with van der Waals surface area (Å²) in [5.74, 6) is -1.02. The number of nitrogens with zero attached hydrogens (tertiary/aromatic N) is 1. The van der Waals surface area contributed by atoms with Crippen molar-refractivity contribution in [1.29, 1.82) is 0 Å². The van der Waals surface area contributed by atoms with Gasteiger partial charge in [0.2, 0.25) is 0 Å². The number of carbonyl (C=O) groups excluding carboxylic acids is 1. The Morgan fingerprint density at radius 3 is 2.60 bits per heavy atom. The van der Waals surface area contributed by atoms with E-state index < -0.39 is 5.97 Å². The molecule has 0 aliphatic heterocycles. The van der Waals surface area contributed by atoms with Crippen LogP contribution < -0.4 is 5.32 Å². The number of amides is 2. The van der Waals surface area contributed by atoms with E-state index in [2.05, 4.69) is 11.9 Å². The molecule has 1 aromatic rings. The Balaban J connectivity index is 2.97. The molecule has 6 heteroatoms. The zero-order valence-corrected chi connectivity index (χ0v) is 12.8. The SMILES string of the molecule is C=CCN(CCC)C(=O)Nc1sc(C)c(C)c1C(=O)O. The fourth-order valence-corrected chi connectivity index (χ4v) is 2.89. The fourth-order valence-electron chi connectivity index (χ4n) is 1.85. The largest absolute Gasteiger partial charge is 0.478 e. The molecule has 0 bridgehead atoms. The average Bonchev–Trinajstić information content (AvgIpc) is 2.64. The summed E-state index contributed by atoms with van der Waals surface area (Å²) in [4.78, 5) is 25.9. The maximum absolute atomic E-state index is 12.2. The first-order valence-electron chi connectivity index (χ1n) is 6.42. The van der Waals surface area contributed by atoms with Crippen LogP contribution in [0.3, 0.4) is 0 Å². The van der Waals surface area contributed by atoms with Gasteiger partial charge in [0.1, 0.15) is 5.00 Å². The second kappa shape index (κ2) is 7.09. The predicted octanol–water partition coefficient (Wildman–Crippen LogP) is 3.49. The molecule has 2 N–H and O–H groups in total. The minimum absolute atomic E-state index is 0.177. The quantitative estimate of drug-likeness (QED) is 0.789. The van der Waals surface area contributed by atoms with Gasteiger partial charge in [-0.3, -0.25) is 5.32 Å². The molecule has 2 amide bonds. The van der Waals surface area contributed by atoms with Crippen molar-refractivity contribution in [1.82, 2.24) is 4.90 Å². The van der Waals surface area contributed by atoms with Gasteiger partial charge in [-0.1, -0.05) is 13.0 Å². The topological polar surface area (TPSA) is 69.6 Å². The van der Waals surface area contributed by atoms with Crippen molar-refractivity contribution in [3.05, 3.63) is 28.7 Å². The van der Waals surface area contributed by atoms with Crippen LogP contribution >= 0.6 is 11.3 Å². The Hall–Kier alpha value is -1.82. The number of hydrogen-bond acceptors (Lipinski definition) is 3. The van der Waals surface area contributed by atoms with E-state index in [1.165, 1.54) is 11.3 Å².